The number of halogens is 1. The Hall–Kier alpha value is -1.58. The minimum Gasteiger partial charge on any atom is -0.398 e. The summed E-state index contributed by atoms with van der Waals surface area (Å²) in [6.07, 6.45) is 3.26. The molecule has 18 heavy (non-hydrogen) atoms. The van der Waals surface area contributed by atoms with Crippen LogP contribution in [0.25, 0.3) is 0 Å². The molecule has 0 spiro atoms. The third-order valence-corrected chi connectivity index (χ3v) is 3.72. The molecule has 1 aromatic carbocycles. The SMILES string of the molecule is CCC1CCN(C(=O)c2ccc(F)cc2N)CC1. The summed E-state index contributed by atoms with van der Waals surface area (Å²) in [5.74, 6) is 0.232. The Morgan fingerprint density at radius 1 is 1.44 bits per heavy atom. The van der Waals surface area contributed by atoms with Gasteiger partial charge in [-0.3, -0.25) is 4.79 Å². The number of anilines is 1. The van der Waals surface area contributed by atoms with Crippen LogP contribution in [0.1, 0.15) is 36.5 Å². The van der Waals surface area contributed by atoms with E-state index < -0.39 is 5.82 Å². The van der Waals surface area contributed by atoms with Gasteiger partial charge in [0.1, 0.15) is 5.82 Å². The number of nitrogens with two attached hydrogens (primary N) is 1. The lowest BCUT2D eigenvalue weighted by Gasteiger charge is -2.31. The smallest absolute Gasteiger partial charge is 0.255 e. The van der Waals surface area contributed by atoms with Crippen LogP contribution in [0.5, 0.6) is 0 Å². The molecule has 0 saturated carbocycles. The Kier molecular flexibility index (Phi) is 3.84. The average molecular weight is 250 g/mol. The molecule has 3 nitrogen and oxygen atoms in total. The molecule has 0 aromatic heterocycles. The Labute approximate surface area is 107 Å². The molecule has 1 heterocycles. The highest BCUT2D eigenvalue weighted by atomic mass is 19.1. The summed E-state index contributed by atoms with van der Waals surface area (Å²) in [7, 11) is 0. The van der Waals surface area contributed by atoms with Crippen molar-refractivity contribution in [3.8, 4) is 0 Å². The topological polar surface area (TPSA) is 46.3 Å². The van der Waals surface area contributed by atoms with E-state index in [4.69, 9.17) is 5.73 Å². The lowest BCUT2D eigenvalue weighted by molar-refractivity contribution is 0.0690. The molecule has 0 unspecified atom stereocenters. The normalized spacial score (nSPS) is 16.9. The molecule has 0 atom stereocenters. The van der Waals surface area contributed by atoms with Crippen molar-refractivity contribution in [3.05, 3.63) is 29.6 Å². The standard InChI is InChI=1S/C14H19FN2O/c1-2-10-5-7-17(8-6-10)14(18)12-4-3-11(15)9-13(12)16/h3-4,9-10H,2,5-8,16H2,1H3. The van der Waals surface area contributed by atoms with Crippen LogP contribution in [-0.2, 0) is 0 Å². The molecule has 4 heteroatoms. The summed E-state index contributed by atoms with van der Waals surface area (Å²) in [5, 5.41) is 0. The van der Waals surface area contributed by atoms with E-state index in [1.165, 1.54) is 24.6 Å². The van der Waals surface area contributed by atoms with E-state index in [1.807, 2.05) is 4.90 Å². The first-order chi connectivity index (χ1) is 8.61. The van der Waals surface area contributed by atoms with Gasteiger partial charge in [0.2, 0.25) is 0 Å². The predicted octanol–water partition coefficient (Wildman–Crippen LogP) is 2.67. The number of carbonyl (C=O) groups is 1. The van der Waals surface area contributed by atoms with Gasteiger partial charge in [-0.15, -0.1) is 0 Å². The lowest BCUT2D eigenvalue weighted by atomic mass is 9.94. The van der Waals surface area contributed by atoms with Gasteiger partial charge in [0.05, 0.1) is 5.56 Å². The van der Waals surface area contributed by atoms with Crippen LogP contribution in [-0.4, -0.2) is 23.9 Å². The average Bonchev–Trinajstić information content (AvgIpc) is 2.38. The second kappa shape index (κ2) is 5.38. The molecule has 0 bridgehead atoms. The molecule has 0 radical (unpaired) electrons. The monoisotopic (exact) mass is 250 g/mol. The third-order valence-electron chi connectivity index (χ3n) is 3.72. The number of rotatable bonds is 2. The van der Waals surface area contributed by atoms with Crippen molar-refractivity contribution in [2.24, 2.45) is 5.92 Å². The molecule has 1 aliphatic heterocycles. The van der Waals surface area contributed by atoms with Gasteiger partial charge in [0, 0.05) is 18.8 Å². The fourth-order valence-electron chi connectivity index (χ4n) is 2.44. The minimum atomic E-state index is -0.409. The highest BCUT2D eigenvalue weighted by molar-refractivity contribution is 5.99. The van der Waals surface area contributed by atoms with E-state index in [-0.39, 0.29) is 11.6 Å². The number of benzene rings is 1. The molecule has 1 saturated heterocycles. The van der Waals surface area contributed by atoms with E-state index in [2.05, 4.69) is 6.92 Å². The molecule has 2 rings (SSSR count). The van der Waals surface area contributed by atoms with Gasteiger partial charge in [-0.05, 0) is 37.0 Å². The number of nitrogens with zero attached hydrogens (tertiary/aromatic N) is 1. The van der Waals surface area contributed by atoms with Crippen molar-refractivity contribution in [3.63, 3.8) is 0 Å². The third kappa shape index (κ3) is 2.63. The second-order valence-electron chi connectivity index (χ2n) is 4.88. The van der Waals surface area contributed by atoms with Gasteiger partial charge in [-0.2, -0.15) is 0 Å². The summed E-state index contributed by atoms with van der Waals surface area (Å²) in [6, 6.07) is 3.95. The first kappa shape index (κ1) is 12.9. The highest BCUT2D eigenvalue weighted by Crippen LogP contribution is 2.23. The number of nitrogen functional groups attached to an aromatic ring is 1. The van der Waals surface area contributed by atoms with Crippen LogP contribution in [0.4, 0.5) is 10.1 Å². The van der Waals surface area contributed by atoms with E-state index in [1.54, 1.807) is 0 Å². The Morgan fingerprint density at radius 3 is 2.67 bits per heavy atom. The van der Waals surface area contributed by atoms with Gasteiger partial charge in [0.25, 0.3) is 5.91 Å². The van der Waals surface area contributed by atoms with Gasteiger partial charge in [0.15, 0.2) is 0 Å². The molecule has 1 fully saturated rings. The van der Waals surface area contributed by atoms with Gasteiger partial charge in [-0.25, -0.2) is 4.39 Å². The Balaban J connectivity index is 2.08. The molecular formula is C14H19FN2O. The maximum atomic E-state index is 12.9. The first-order valence-electron chi connectivity index (χ1n) is 6.46. The summed E-state index contributed by atoms with van der Waals surface area (Å²) >= 11 is 0. The van der Waals surface area contributed by atoms with Crippen LogP contribution >= 0.6 is 0 Å². The zero-order valence-electron chi connectivity index (χ0n) is 10.7. The van der Waals surface area contributed by atoms with Gasteiger partial charge in [-0.1, -0.05) is 13.3 Å². The molecule has 1 amide bonds. The zero-order valence-corrected chi connectivity index (χ0v) is 10.7. The molecule has 98 valence electrons. The summed E-state index contributed by atoms with van der Waals surface area (Å²) in [4.78, 5) is 14.1. The van der Waals surface area contributed by atoms with Crippen molar-refractivity contribution in [1.29, 1.82) is 0 Å². The van der Waals surface area contributed by atoms with Crippen LogP contribution in [0.3, 0.4) is 0 Å². The maximum absolute atomic E-state index is 12.9. The van der Waals surface area contributed by atoms with E-state index in [0.717, 1.165) is 31.8 Å². The maximum Gasteiger partial charge on any atom is 0.255 e. The minimum absolute atomic E-state index is 0.0814. The van der Waals surface area contributed by atoms with Crippen LogP contribution in [0.15, 0.2) is 18.2 Å². The highest BCUT2D eigenvalue weighted by Gasteiger charge is 2.23. The number of hydrogen-bond donors (Lipinski definition) is 1. The van der Waals surface area contributed by atoms with Crippen molar-refractivity contribution in [2.75, 3.05) is 18.8 Å². The quantitative estimate of drug-likeness (QED) is 0.820. The zero-order chi connectivity index (χ0) is 13.1. The summed E-state index contributed by atoms with van der Waals surface area (Å²) in [6.45, 7) is 3.72. The molecule has 0 aliphatic carbocycles. The summed E-state index contributed by atoms with van der Waals surface area (Å²) < 4.78 is 12.9. The van der Waals surface area contributed by atoms with Crippen molar-refractivity contribution in [1.82, 2.24) is 4.90 Å². The van der Waals surface area contributed by atoms with E-state index >= 15 is 0 Å². The molecular weight excluding hydrogens is 231 g/mol. The molecule has 2 N–H and O–H groups in total. The van der Waals surface area contributed by atoms with Crippen LogP contribution in [0, 0.1) is 11.7 Å². The largest absolute Gasteiger partial charge is 0.398 e. The van der Waals surface area contributed by atoms with Crippen molar-refractivity contribution in [2.45, 2.75) is 26.2 Å². The number of hydrogen-bond acceptors (Lipinski definition) is 2. The van der Waals surface area contributed by atoms with Crippen molar-refractivity contribution >= 4 is 11.6 Å². The first-order valence-corrected chi connectivity index (χ1v) is 6.46. The Morgan fingerprint density at radius 2 is 2.11 bits per heavy atom. The number of piperidine rings is 1. The van der Waals surface area contributed by atoms with E-state index in [0.29, 0.717) is 5.56 Å². The van der Waals surface area contributed by atoms with Gasteiger partial charge >= 0.3 is 0 Å². The predicted molar refractivity (Wildman–Crippen MR) is 69.7 cm³/mol. The molecule has 1 aromatic rings. The summed E-state index contributed by atoms with van der Waals surface area (Å²) in [5.41, 5.74) is 6.32. The van der Waals surface area contributed by atoms with E-state index in [9.17, 15) is 9.18 Å². The lowest BCUT2D eigenvalue weighted by Crippen LogP contribution is -2.38. The Bertz CT molecular complexity index is 439. The molecule has 1 aliphatic rings. The van der Waals surface area contributed by atoms with Crippen molar-refractivity contribution < 1.29 is 9.18 Å². The fourth-order valence-corrected chi connectivity index (χ4v) is 2.44. The number of amides is 1. The number of carbonyl (C=O) groups excluding carboxylic acids is 1. The second-order valence-corrected chi connectivity index (χ2v) is 4.88. The van der Waals surface area contributed by atoms with Crippen LogP contribution < -0.4 is 5.73 Å². The van der Waals surface area contributed by atoms with Gasteiger partial charge < -0.3 is 10.6 Å². The fraction of sp³-hybridized carbons (Fsp3) is 0.500. The number of likely N-dealkylation sites (tertiary alicyclic amines) is 1. The van der Waals surface area contributed by atoms with Crippen LogP contribution in [0.2, 0.25) is 0 Å².